The summed E-state index contributed by atoms with van der Waals surface area (Å²) in [4.78, 5) is 11.6. The number of carbonyl (C=O) groups excluding carboxylic acids is 1. The van der Waals surface area contributed by atoms with Gasteiger partial charge in [0, 0.05) is 5.57 Å². The molecule has 0 saturated carbocycles. The van der Waals surface area contributed by atoms with Gasteiger partial charge in [-0.2, -0.15) is 0 Å². The molecule has 0 spiro atoms. The van der Waals surface area contributed by atoms with Gasteiger partial charge in [-0.1, -0.05) is 25.7 Å². The van der Waals surface area contributed by atoms with Crippen LogP contribution in [0.5, 0.6) is 0 Å². The molecule has 130 heteroatoms. The maximum atomic E-state index is 13.2. The van der Waals surface area contributed by atoms with Gasteiger partial charge in [0.25, 0.3) is 9.28 Å². The van der Waals surface area contributed by atoms with Crippen molar-refractivity contribution >= 4 is 510 Å². The minimum Gasteiger partial charge on any atom is -0.462 e. The SMILES string of the molecule is C=C(C)C(=O)OCCC[Si](C)(C)[Si](=O)[Si](=O)[Si](=O)[Si](=O)[Si](=O)[Si](=O)[Si](=O)[Si](=O)[Si](=O)[Si](=O)[Si](=O)[Si](=O)[Si](=O)[Si](=O)[Si](=O)[Si](=O)[Si](=O)[Si](=O)[Si](=O)[Si](=O)[Si](=O)[Si](=O)[Si](=O)[Si](=O)[Si](=O)[Si](=O)[Si](=O)[Si](=O)[Si](=O)[Si](=O)[Si](=O)[Si](=O)[Si](=O)[Si](=O)[Si](=O)[Si](=O)[Si](=O)[Si](=O)[Si](=O)[Si](=O)[Si](=O)[Si](=O)[Si](=O)[Si](=O)[Si](=O)[Si](=O)[Si](=O)[Si](=O)[Si](=O)[Si](=O)[Si](=O)[Si](=O)[Si](=O)[Si](=O)[Si](=O)[Si](=O)[Si](=O)[Si](=O)[Si](=O)[Si](=O)[Si](=O)[Si](=O)[Si]O[Si](C)(C)C. The summed E-state index contributed by atoms with van der Waals surface area (Å²) in [6.45, 7) is 12.0. The Balaban J connectivity index is 6.07. The fraction of sp³-hybridized carbons (Fsp3) is 0.750. The fourth-order valence-electron chi connectivity index (χ4n) is 7.66. The molecule has 0 unspecified atom stereocenters. The quantitative estimate of drug-likeness (QED) is 0.0236. The summed E-state index contributed by atoms with van der Waals surface area (Å²) in [6.07, 6.45) is 0.0312. The predicted molar refractivity (Wildman–Crippen MR) is 482 cm³/mol. The molecular weight excluding hydrogens is 3010 g/mol. The summed E-state index contributed by atoms with van der Waals surface area (Å²) in [5, 5.41) is 0. The van der Waals surface area contributed by atoms with E-state index < -0.39 is 510 Å². The molecule has 0 aliphatic carbocycles. The Hall–Kier alpha value is 0.867. The van der Waals surface area contributed by atoms with E-state index in [-0.39, 0.29) is 24.6 Å². The lowest BCUT2D eigenvalue weighted by Crippen LogP contribution is -2.58. The van der Waals surface area contributed by atoms with Crippen LogP contribution < -0.4 is 0 Å². The number of esters is 1. The van der Waals surface area contributed by atoms with Gasteiger partial charge in [0.05, 0.1) is 6.61 Å². The molecule has 0 bridgehead atoms. The van der Waals surface area contributed by atoms with Gasteiger partial charge >= 0.3 is 485 Å². The van der Waals surface area contributed by atoms with Crippen molar-refractivity contribution in [2.45, 2.75) is 52.1 Å². The first-order valence-corrected chi connectivity index (χ1v) is 192. The van der Waals surface area contributed by atoms with Gasteiger partial charge in [0.15, 0.2) is 8.32 Å². The molecule has 0 aromatic carbocycles. The molecule has 0 aliphatic rings. The van der Waals surface area contributed by atoms with Crippen LogP contribution in [0.4, 0.5) is 0 Å². The van der Waals surface area contributed by atoms with Crippen LogP contribution in [0.3, 0.4) is 0 Å². The average molecular weight is 3040 g/mol. The third-order valence-corrected chi connectivity index (χ3v) is 521. The lowest BCUT2D eigenvalue weighted by molar-refractivity contribution is -0.139. The Labute approximate surface area is 859 Å². The summed E-state index contributed by atoms with van der Waals surface area (Å²) in [7, 11) is -304. The Bertz CT molecular complexity index is 6530. The van der Waals surface area contributed by atoms with Crippen LogP contribution in [0, 0.1) is 0 Å². The lowest BCUT2D eigenvalue weighted by Gasteiger charge is -2.17. The van der Waals surface area contributed by atoms with E-state index in [9.17, 15) is 281 Å². The minimum absolute atomic E-state index is 0.000572. The molecule has 0 fully saturated rings. The topological polar surface area (TPSA) is 1090 Å². The molecule has 0 aromatic rings. The third kappa shape index (κ3) is 38.1. The fourth-order valence-corrected chi connectivity index (χ4v) is 769. The molecule has 0 rings (SSSR count). The first kappa shape index (κ1) is 143. The summed E-state index contributed by atoms with van der Waals surface area (Å²) in [6, 6.07) is 0.000572. The van der Waals surface area contributed by atoms with E-state index in [1.165, 1.54) is 20.0 Å². The van der Waals surface area contributed by atoms with Crippen LogP contribution in [0.2, 0.25) is 38.8 Å². The Morgan fingerprint density at radius 3 is 0.401 bits per heavy atom. The van der Waals surface area contributed by atoms with E-state index in [1.54, 1.807) is 19.6 Å². The Kier molecular flexibility index (Phi) is 63.7. The molecule has 0 aromatic heterocycles. The number of hydrogen-bond acceptors (Lipinski definition) is 65. The van der Waals surface area contributed by atoms with Crippen molar-refractivity contribution in [1.29, 1.82) is 0 Å². The van der Waals surface area contributed by atoms with E-state index in [1.807, 2.05) is 0 Å². The molecule has 0 saturated heterocycles. The van der Waals surface area contributed by atoms with Crippen LogP contribution in [-0.2, 0) is 290 Å². The van der Waals surface area contributed by atoms with Crippen LogP contribution in [0.1, 0.15) is 13.3 Å². The smallest absolute Gasteiger partial charge is 0.381 e. The van der Waals surface area contributed by atoms with E-state index >= 15 is 0 Å². The highest BCUT2D eigenvalue weighted by molar-refractivity contribution is 7.89. The van der Waals surface area contributed by atoms with Crippen LogP contribution in [0.15, 0.2) is 12.2 Å². The zero-order valence-electron chi connectivity index (χ0n) is 68.9. The zero-order valence-corrected chi connectivity index (χ0v) is 134. The van der Waals surface area contributed by atoms with Gasteiger partial charge in [0.1, 0.15) is 7.59 Å². The molecule has 142 heavy (non-hydrogen) atoms. The molecule has 65 nitrogen and oxygen atoms in total. The summed E-state index contributed by atoms with van der Waals surface area (Å²) in [5.41, 5.74) is 0.0214. The van der Waals surface area contributed by atoms with Crippen molar-refractivity contribution in [2.24, 2.45) is 0 Å². The molecular formula is C12H26O65Si65. The molecule has 2 radical (unpaired) electrons. The van der Waals surface area contributed by atoms with Crippen molar-refractivity contribution in [3.05, 3.63) is 12.2 Å². The zero-order chi connectivity index (χ0) is 112. The van der Waals surface area contributed by atoms with E-state index in [0.29, 0.717) is 0 Å². The van der Waals surface area contributed by atoms with E-state index in [0.717, 1.165) is 0 Å². The highest BCUT2D eigenvalue weighted by Gasteiger charge is 2.64. The van der Waals surface area contributed by atoms with Crippen molar-refractivity contribution < 1.29 is 290 Å². The lowest BCUT2D eigenvalue weighted by atomic mass is 10.4. The molecule has 724 valence electrons. The van der Waals surface area contributed by atoms with Gasteiger partial charge in [0.2, 0.25) is 0 Å². The second-order valence-corrected chi connectivity index (χ2v) is 344. The highest BCUT2D eigenvalue weighted by atomic mass is 30.2. The first-order valence-electron chi connectivity index (χ1n) is 34.5. The Morgan fingerprint density at radius 1 is 0.190 bits per heavy atom. The molecule has 0 N–H and O–H groups in total. The molecule has 0 amide bonds. The standard InChI is InChI=1S/C12H26O65Si65/c1-11(2)12(13)76-9-8-10-142(6,7)140(75)139(74)138(73)137(72)136(71)135(70)134(69)133(68)132(67)131(66)130(65)129(64)128(63)127(62)126(61)125(60)124(59)123(58)122(57)121(56)120(55)119(54)118(53)117(52)116(51)115(50)114(49)113(48)112(47)111(46)110(45)109(44)108(43)107(42)106(41)105(40)104(39)103(38)102(37)101(36)100(35)99(34)98(33)97(32)96(31)95(30)94(29)93(28)92(27)91(26)90(25)89(24)88(23)87(22)86(21)85(20)84(19)83(18)82(17)81(16)80(15)79(14)78-77-141(3,4)5/h1,8-10H2,2-7H3. The average Bonchev–Trinajstić information content (AvgIpc) is 0.815. The summed E-state index contributed by atoms with van der Waals surface area (Å²) >= 11 is 0. The van der Waals surface area contributed by atoms with Gasteiger partial charge in [-0.15, -0.1) is 0 Å². The van der Waals surface area contributed by atoms with Crippen LogP contribution in [-0.4, -0.2) is 516 Å². The number of rotatable bonds is 70. The number of carbonyl (C=O) groups is 1. The van der Waals surface area contributed by atoms with Gasteiger partial charge in [-0.05, 0) is 33.0 Å². The van der Waals surface area contributed by atoms with Crippen molar-refractivity contribution in [2.75, 3.05) is 6.61 Å². The molecule has 0 heterocycles. The molecule has 0 aliphatic heterocycles. The first-order chi connectivity index (χ1) is 64.5. The van der Waals surface area contributed by atoms with E-state index in [2.05, 4.69) is 6.58 Å². The third-order valence-electron chi connectivity index (χ3n) is 15.2. The maximum absolute atomic E-state index is 13.2. The molecule has 0 atom stereocenters. The van der Waals surface area contributed by atoms with Gasteiger partial charge < -0.3 is 285 Å². The summed E-state index contributed by atoms with van der Waals surface area (Å²) < 4.78 is 812. The van der Waals surface area contributed by atoms with Crippen molar-refractivity contribution in [1.82, 2.24) is 0 Å². The van der Waals surface area contributed by atoms with E-state index in [4.69, 9.17) is 8.85 Å². The highest BCUT2D eigenvalue weighted by Crippen LogP contribution is 2.14. The second kappa shape index (κ2) is 63.3. The monoisotopic (exact) mass is 3030 g/mol. The minimum atomic E-state index is -5.04. The second-order valence-electron chi connectivity index (χ2n) is 26.6. The number of hydrogen-bond donors (Lipinski definition) is 0. The van der Waals surface area contributed by atoms with Crippen LogP contribution in [0.25, 0.3) is 0 Å². The maximum Gasteiger partial charge on any atom is 0.381 e. The van der Waals surface area contributed by atoms with Crippen LogP contribution >= 0.6 is 0 Å². The number of ether oxygens (including phenoxy) is 1. The Morgan fingerprint density at radius 2 is 0.296 bits per heavy atom. The van der Waals surface area contributed by atoms with Gasteiger partial charge in [-0.25, -0.2) is 4.79 Å². The predicted octanol–water partition coefficient (Wildman–Crippen LogP) is -27.8. The van der Waals surface area contributed by atoms with Crippen molar-refractivity contribution in [3.63, 3.8) is 0 Å². The largest absolute Gasteiger partial charge is 0.462 e. The summed E-state index contributed by atoms with van der Waals surface area (Å²) in [5.74, 6) is -0.792. The van der Waals surface area contributed by atoms with Crippen molar-refractivity contribution in [3.8, 4) is 0 Å². The van der Waals surface area contributed by atoms with Gasteiger partial charge in [-0.3, -0.25) is 0 Å². The normalized spacial score (nSPS) is 10.3.